The van der Waals surface area contributed by atoms with Gasteiger partial charge in [-0.2, -0.15) is 0 Å². The van der Waals surface area contributed by atoms with E-state index in [2.05, 4.69) is 26.1 Å². The fraction of sp³-hybridized carbons (Fsp3) is 0.500. The third-order valence-electron chi connectivity index (χ3n) is 5.94. The predicted molar refractivity (Wildman–Crippen MR) is 106 cm³/mol. The SMILES string of the molecule is Cc1ccc2c(CN3C(=O)N[C@@]4(C[C@H](C)CC(C)(C)C4)C3=O)cc(=O)oc2c1. The van der Waals surface area contributed by atoms with Crippen LogP contribution in [0.15, 0.2) is 33.5 Å². The van der Waals surface area contributed by atoms with Crippen LogP contribution in [0.25, 0.3) is 11.0 Å². The van der Waals surface area contributed by atoms with E-state index in [4.69, 9.17) is 4.42 Å². The molecule has 2 aliphatic rings. The lowest BCUT2D eigenvalue weighted by Gasteiger charge is -2.43. The lowest BCUT2D eigenvalue weighted by Crippen LogP contribution is -2.54. The van der Waals surface area contributed by atoms with E-state index < -0.39 is 11.2 Å². The van der Waals surface area contributed by atoms with Gasteiger partial charge < -0.3 is 9.73 Å². The van der Waals surface area contributed by atoms with Crippen molar-refractivity contribution in [2.75, 3.05) is 0 Å². The minimum Gasteiger partial charge on any atom is -0.423 e. The largest absolute Gasteiger partial charge is 0.423 e. The number of amides is 3. The van der Waals surface area contributed by atoms with Gasteiger partial charge in [-0.1, -0.05) is 32.9 Å². The number of urea groups is 1. The Balaban J connectivity index is 1.70. The average Bonchev–Trinajstić information content (AvgIpc) is 2.75. The number of benzene rings is 1. The molecule has 3 amide bonds. The molecule has 1 saturated heterocycles. The van der Waals surface area contributed by atoms with Crippen LogP contribution >= 0.6 is 0 Å². The molecule has 2 heterocycles. The van der Waals surface area contributed by atoms with Crippen molar-refractivity contribution in [1.82, 2.24) is 10.2 Å². The maximum absolute atomic E-state index is 13.3. The Morgan fingerprint density at radius 3 is 2.64 bits per heavy atom. The third kappa shape index (κ3) is 3.11. The summed E-state index contributed by atoms with van der Waals surface area (Å²) in [5.74, 6) is 0.158. The molecule has 1 N–H and O–H groups in total. The molecule has 2 aromatic rings. The second kappa shape index (κ2) is 6.19. The van der Waals surface area contributed by atoms with E-state index in [0.29, 0.717) is 29.9 Å². The van der Waals surface area contributed by atoms with Crippen molar-refractivity contribution in [1.29, 1.82) is 0 Å². The van der Waals surface area contributed by atoms with Gasteiger partial charge in [-0.25, -0.2) is 9.59 Å². The van der Waals surface area contributed by atoms with Crippen LogP contribution in [0.4, 0.5) is 4.79 Å². The maximum Gasteiger partial charge on any atom is 0.336 e. The zero-order valence-corrected chi connectivity index (χ0v) is 16.8. The van der Waals surface area contributed by atoms with Crippen LogP contribution in [0.2, 0.25) is 0 Å². The van der Waals surface area contributed by atoms with Gasteiger partial charge in [0.2, 0.25) is 0 Å². The first kappa shape index (κ1) is 18.7. The van der Waals surface area contributed by atoms with Crippen LogP contribution in [0.3, 0.4) is 0 Å². The summed E-state index contributed by atoms with van der Waals surface area (Å²) in [4.78, 5) is 39.4. The van der Waals surface area contributed by atoms with Gasteiger partial charge in [0.05, 0.1) is 6.54 Å². The number of hydrogen-bond acceptors (Lipinski definition) is 4. The number of fused-ring (bicyclic) bond motifs is 1. The van der Waals surface area contributed by atoms with Gasteiger partial charge in [0.25, 0.3) is 5.91 Å². The quantitative estimate of drug-likeness (QED) is 0.634. The Bertz CT molecular complexity index is 1040. The number of aryl methyl sites for hydroxylation is 1. The monoisotopic (exact) mass is 382 g/mol. The Labute approximate surface area is 163 Å². The molecular weight excluding hydrogens is 356 g/mol. The van der Waals surface area contributed by atoms with Gasteiger partial charge in [0.15, 0.2) is 0 Å². The molecule has 2 atom stereocenters. The van der Waals surface area contributed by atoms with Gasteiger partial charge in [-0.05, 0) is 54.7 Å². The average molecular weight is 382 g/mol. The lowest BCUT2D eigenvalue weighted by atomic mass is 9.64. The van der Waals surface area contributed by atoms with Crippen LogP contribution in [-0.2, 0) is 11.3 Å². The van der Waals surface area contributed by atoms with E-state index in [0.717, 1.165) is 17.4 Å². The molecular formula is C22H26N2O4. The van der Waals surface area contributed by atoms with E-state index in [9.17, 15) is 14.4 Å². The number of carbonyl (C=O) groups is 2. The smallest absolute Gasteiger partial charge is 0.336 e. The summed E-state index contributed by atoms with van der Waals surface area (Å²) < 4.78 is 5.29. The number of nitrogens with one attached hydrogen (secondary N) is 1. The van der Waals surface area contributed by atoms with Crippen molar-refractivity contribution in [2.24, 2.45) is 11.3 Å². The predicted octanol–water partition coefficient (Wildman–Crippen LogP) is 3.74. The lowest BCUT2D eigenvalue weighted by molar-refractivity contribution is -0.135. The Morgan fingerprint density at radius 2 is 1.93 bits per heavy atom. The Morgan fingerprint density at radius 1 is 1.18 bits per heavy atom. The van der Waals surface area contributed by atoms with Crippen molar-refractivity contribution in [2.45, 2.75) is 59.0 Å². The van der Waals surface area contributed by atoms with Crippen molar-refractivity contribution in [3.8, 4) is 0 Å². The maximum atomic E-state index is 13.3. The normalized spacial score (nSPS) is 26.9. The van der Waals surface area contributed by atoms with E-state index in [1.165, 1.54) is 11.0 Å². The Kier molecular flexibility index (Phi) is 4.14. The van der Waals surface area contributed by atoms with E-state index >= 15 is 0 Å². The van der Waals surface area contributed by atoms with Crippen molar-refractivity contribution in [3.63, 3.8) is 0 Å². The first-order valence-electron chi connectivity index (χ1n) is 9.76. The molecule has 1 spiro atoms. The van der Waals surface area contributed by atoms with E-state index in [-0.39, 0.29) is 23.9 Å². The fourth-order valence-electron chi connectivity index (χ4n) is 5.29. The number of carbonyl (C=O) groups excluding carboxylic acids is 2. The summed E-state index contributed by atoms with van der Waals surface area (Å²) in [6, 6.07) is 6.56. The Hall–Kier alpha value is -2.63. The number of imide groups is 1. The number of rotatable bonds is 2. The molecule has 6 heteroatoms. The van der Waals surface area contributed by atoms with Crippen LogP contribution in [0, 0.1) is 18.3 Å². The molecule has 0 unspecified atom stereocenters. The standard InChI is InChI=1S/C22H26N2O4/c1-13-5-6-16-15(8-18(25)28-17(16)7-13)11-24-19(26)22(23-20(24)27)10-14(2)9-21(3,4)12-22/h5-8,14H,9-12H2,1-4H3,(H,23,27)/t14-,22-/m1/s1. The van der Waals surface area contributed by atoms with E-state index in [1.54, 1.807) is 6.07 Å². The zero-order chi connectivity index (χ0) is 20.3. The van der Waals surface area contributed by atoms with Crippen LogP contribution in [-0.4, -0.2) is 22.4 Å². The summed E-state index contributed by atoms with van der Waals surface area (Å²) in [6.07, 6.45) is 2.30. The molecule has 0 radical (unpaired) electrons. The van der Waals surface area contributed by atoms with Gasteiger partial charge in [0, 0.05) is 11.5 Å². The highest BCUT2D eigenvalue weighted by molar-refractivity contribution is 6.07. The minimum atomic E-state index is -0.843. The topological polar surface area (TPSA) is 79.6 Å². The van der Waals surface area contributed by atoms with E-state index in [1.807, 2.05) is 19.1 Å². The molecule has 1 saturated carbocycles. The molecule has 6 nitrogen and oxygen atoms in total. The summed E-state index contributed by atoms with van der Waals surface area (Å²) in [6.45, 7) is 8.39. The highest BCUT2D eigenvalue weighted by Crippen LogP contribution is 2.46. The molecule has 4 rings (SSSR count). The second-order valence-electron chi connectivity index (χ2n) is 9.35. The minimum absolute atomic E-state index is 0.0192. The van der Waals surface area contributed by atoms with Crippen LogP contribution in [0.5, 0.6) is 0 Å². The summed E-state index contributed by atoms with van der Waals surface area (Å²) in [7, 11) is 0. The van der Waals surface area contributed by atoms with Gasteiger partial charge in [-0.15, -0.1) is 0 Å². The summed E-state index contributed by atoms with van der Waals surface area (Å²) in [5.41, 5.74) is 0.715. The molecule has 0 bridgehead atoms. The van der Waals surface area contributed by atoms with Crippen molar-refractivity contribution < 1.29 is 14.0 Å². The molecule has 28 heavy (non-hydrogen) atoms. The first-order chi connectivity index (χ1) is 13.1. The number of hydrogen-bond donors (Lipinski definition) is 1. The molecule has 1 aliphatic heterocycles. The summed E-state index contributed by atoms with van der Waals surface area (Å²) >= 11 is 0. The molecule has 1 aliphatic carbocycles. The van der Waals surface area contributed by atoms with Crippen molar-refractivity contribution in [3.05, 3.63) is 45.8 Å². The second-order valence-corrected chi connectivity index (χ2v) is 9.35. The molecule has 2 fully saturated rings. The van der Waals surface area contributed by atoms with Gasteiger partial charge in [-0.3, -0.25) is 9.69 Å². The highest BCUT2D eigenvalue weighted by Gasteiger charge is 2.56. The fourth-order valence-corrected chi connectivity index (χ4v) is 5.29. The highest BCUT2D eigenvalue weighted by atomic mass is 16.4. The molecule has 1 aromatic heterocycles. The van der Waals surface area contributed by atoms with Crippen LogP contribution < -0.4 is 10.9 Å². The summed E-state index contributed by atoms with van der Waals surface area (Å²) in [5, 5.41) is 3.72. The van der Waals surface area contributed by atoms with Gasteiger partial charge >= 0.3 is 11.7 Å². The number of nitrogens with zero attached hydrogens (tertiary/aromatic N) is 1. The zero-order valence-electron chi connectivity index (χ0n) is 16.8. The third-order valence-corrected chi connectivity index (χ3v) is 5.94. The van der Waals surface area contributed by atoms with Crippen LogP contribution in [0.1, 0.15) is 51.2 Å². The molecule has 148 valence electrons. The first-order valence-corrected chi connectivity index (χ1v) is 9.76. The van der Waals surface area contributed by atoms with Crippen molar-refractivity contribution >= 4 is 22.9 Å². The molecule has 1 aromatic carbocycles. The van der Waals surface area contributed by atoms with Gasteiger partial charge in [0.1, 0.15) is 11.1 Å².